The van der Waals surface area contributed by atoms with Gasteiger partial charge in [-0.15, -0.1) is 0 Å². The summed E-state index contributed by atoms with van der Waals surface area (Å²) in [6.07, 6.45) is 0.712. The molecule has 2 unspecified atom stereocenters. The SMILES string of the molecule is O=C(NCc1ccccc1)C1N(CCO)C(=O)[C@@H]2[C@@H](C(=O)Nc3ccccc3)[C@H]3CCC12O3. The number of anilines is 1. The standard InChI is InChI=1S/C25H27N3O5/c29-14-13-28-21(23(31)26-15-16-7-3-1-4-8-16)25-12-11-18(33-25)19(20(25)24(28)32)22(30)27-17-9-5-2-6-10-17/h1-10,18-21,29H,11-15H2,(H,26,31)(H,27,30)/t18-,19+,20+,21?,25?/m1/s1. The highest BCUT2D eigenvalue weighted by atomic mass is 16.5. The number of para-hydroxylation sites is 1. The van der Waals surface area contributed by atoms with Gasteiger partial charge in [-0.1, -0.05) is 48.5 Å². The van der Waals surface area contributed by atoms with Crippen LogP contribution in [0.2, 0.25) is 0 Å². The predicted molar refractivity (Wildman–Crippen MR) is 120 cm³/mol. The third-order valence-corrected chi connectivity index (χ3v) is 7.04. The number of aliphatic hydroxyl groups is 1. The van der Waals surface area contributed by atoms with Gasteiger partial charge in [-0.05, 0) is 30.5 Å². The first-order chi connectivity index (χ1) is 16.0. The third kappa shape index (κ3) is 3.59. The molecule has 3 aliphatic heterocycles. The summed E-state index contributed by atoms with van der Waals surface area (Å²) in [6, 6.07) is 17.7. The van der Waals surface area contributed by atoms with Crippen LogP contribution in [0.25, 0.3) is 0 Å². The predicted octanol–water partition coefficient (Wildman–Crippen LogP) is 1.31. The molecule has 3 aliphatic rings. The lowest BCUT2D eigenvalue weighted by Gasteiger charge is -2.33. The molecule has 33 heavy (non-hydrogen) atoms. The second kappa shape index (κ2) is 8.61. The molecule has 0 saturated carbocycles. The van der Waals surface area contributed by atoms with Crippen LogP contribution in [0.5, 0.6) is 0 Å². The van der Waals surface area contributed by atoms with E-state index in [1.807, 2.05) is 48.5 Å². The van der Waals surface area contributed by atoms with Crippen LogP contribution in [0.15, 0.2) is 60.7 Å². The van der Waals surface area contributed by atoms with E-state index < -0.39 is 29.6 Å². The number of rotatable bonds is 7. The molecule has 1 spiro atoms. The van der Waals surface area contributed by atoms with E-state index in [9.17, 15) is 19.5 Å². The van der Waals surface area contributed by atoms with E-state index in [0.29, 0.717) is 25.1 Å². The van der Waals surface area contributed by atoms with Gasteiger partial charge in [0.1, 0.15) is 11.6 Å². The van der Waals surface area contributed by atoms with Crippen LogP contribution < -0.4 is 10.6 Å². The minimum atomic E-state index is -1.06. The summed E-state index contributed by atoms with van der Waals surface area (Å²) in [5, 5.41) is 15.4. The lowest BCUT2D eigenvalue weighted by Crippen LogP contribution is -2.55. The number of carbonyl (C=O) groups excluding carboxylic acids is 3. The Morgan fingerprint density at radius 3 is 2.45 bits per heavy atom. The van der Waals surface area contributed by atoms with Crippen molar-refractivity contribution in [2.45, 2.75) is 37.1 Å². The summed E-state index contributed by atoms with van der Waals surface area (Å²) < 4.78 is 6.32. The van der Waals surface area contributed by atoms with E-state index in [1.165, 1.54) is 4.90 Å². The van der Waals surface area contributed by atoms with Gasteiger partial charge < -0.3 is 25.4 Å². The maximum absolute atomic E-state index is 13.5. The van der Waals surface area contributed by atoms with E-state index in [1.54, 1.807) is 12.1 Å². The van der Waals surface area contributed by atoms with Gasteiger partial charge >= 0.3 is 0 Å². The number of amides is 3. The summed E-state index contributed by atoms with van der Waals surface area (Å²) in [7, 11) is 0. The first-order valence-electron chi connectivity index (χ1n) is 11.3. The van der Waals surface area contributed by atoms with Crippen LogP contribution in [0.1, 0.15) is 18.4 Å². The Morgan fingerprint density at radius 1 is 1.06 bits per heavy atom. The van der Waals surface area contributed by atoms with Crippen LogP contribution in [-0.2, 0) is 25.7 Å². The van der Waals surface area contributed by atoms with Crippen molar-refractivity contribution in [3.05, 3.63) is 66.2 Å². The van der Waals surface area contributed by atoms with Crippen molar-refractivity contribution < 1.29 is 24.2 Å². The van der Waals surface area contributed by atoms with Gasteiger partial charge in [-0.2, -0.15) is 0 Å². The summed E-state index contributed by atoms with van der Waals surface area (Å²) in [4.78, 5) is 41.5. The lowest BCUT2D eigenvalue weighted by atomic mass is 9.70. The maximum Gasteiger partial charge on any atom is 0.246 e. The highest BCUT2D eigenvalue weighted by Crippen LogP contribution is 2.58. The van der Waals surface area contributed by atoms with Crippen LogP contribution in [0.4, 0.5) is 5.69 Å². The van der Waals surface area contributed by atoms with Crippen molar-refractivity contribution in [1.29, 1.82) is 0 Å². The lowest BCUT2D eigenvalue weighted by molar-refractivity contribution is -0.142. The molecule has 3 saturated heterocycles. The summed E-state index contributed by atoms with van der Waals surface area (Å²) in [5.74, 6) is -2.34. The molecule has 0 aliphatic carbocycles. The van der Waals surface area contributed by atoms with Crippen LogP contribution in [0, 0.1) is 11.8 Å². The van der Waals surface area contributed by atoms with E-state index in [4.69, 9.17) is 4.74 Å². The van der Waals surface area contributed by atoms with E-state index in [2.05, 4.69) is 10.6 Å². The van der Waals surface area contributed by atoms with Gasteiger partial charge in [0.25, 0.3) is 0 Å². The fourth-order valence-electron chi connectivity index (χ4n) is 5.73. The van der Waals surface area contributed by atoms with Gasteiger partial charge in [-0.25, -0.2) is 0 Å². The first kappa shape index (κ1) is 21.6. The second-order valence-electron chi connectivity index (χ2n) is 8.87. The Bertz CT molecular complexity index is 1050. The topological polar surface area (TPSA) is 108 Å². The normalized spacial score (nSPS) is 29.7. The van der Waals surface area contributed by atoms with E-state index in [0.717, 1.165) is 5.56 Å². The smallest absolute Gasteiger partial charge is 0.246 e. The highest BCUT2D eigenvalue weighted by Gasteiger charge is 2.74. The molecule has 8 nitrogen and oxygen atoms in total. The largest absolute Gasteiger partial charge is 0.395 e. The van der Waals surface area contributed by atoms with Crippen molar-refractivity contribution in [3.8, 4) is 0 Å². The Kier molecular flexibility index (Phi) is 5.64. The number of likely N-dealkylation sites (tertiary alicyclic amines) is 1. The summed E-state index contributed by atoms with van der Waals surface area (Å²) in [6.45, 7) is 0.0578. The van der Waals surface area contributed by atoms with Gasteiger partial charge in [-0.3, -0.25) is 14.4 Å². The van der Waals surface area contributed by atoms with Crippen molar-refractivity contribution in [2.24, 2.45) is 11.8 Å². The van der Waals surface area contributed by atoms with Gasteiger partial charge in [0.2, 0.25) is 17.7 Å². The zero-order valence-corrected chi connectivity index (χ0v) is 18.1. The quantitative estimate of drug-likeness (QED) is 0.591. The number of ether oxygens (including phenoxy) is 1. The Hall–Kier alpha value is -3.23. The average molecular weight is 450 g/mol. The molecule has 172 valence electrons. The fourth-order valence-corrected chi connectivity index (χ4v) is 5.73. The number of β-amino-alcohol motifs (C(OH)–C–C–N with tert-alkyl or cyclic N) is 1. The molecule has 5 rings (SSSR count). The van der Waals surface area contributed by atoms with Crippen molar-refractivity contribution >= 4 is 23.4 Å². The fraction of sp³-hybridized carbons (Fsp3) is 0.400. The van der Waals surface area contributed by atoms with E-state index >= 15 is 0 Å². The molecule has 3 heterocycles. The van der Waals surface area contributed by atoms with Crippen LogP contribution in [-0.4, -0.2) is 58.6 Å². The summed E-state index contributed by atoms with van der Waals surface area (Å²) in [5.41, 5.74) is 0.528. The molecule has 2 bridgehead atoms. The van der Waals surface area contributed by atoms with Crippen LogP contribution in [0.3, 0.4) is 0 Å². The van der Waals surface area contributed by atoms with Crippen molar-refractivity contribution in [2.75, 3.05) is 18.5 Å². The molecule has 0 radical (unpaired) electrons. The molecule has 0 aromatic heterocycles. The first-order valence-corrected chi connectivity index (χ1v) is 11.3. The summed E-state index contributed by atoms with van der Waals surface area (Å²) >= 11 is 0. The van der Waals surface area contributed by atoms with Gasteiger partial charge in [0.15, 0.2) is 0 Å². The number of hydrogen-bond donors (Lipinski definition) is 3. The number of nitrogens with zero attached hydrogens (tertiary/aromatic N) is 1. The molecule has 2 aromatic carbocycles. The molecule has 3 amide bonds. The molecule has 5 atom stereocenters. The zero-order chi connectivity index (χ0) is 23.0. The second-order valence-corrected chi connectivity index (χ2v) is 8.87. The molecule has 3 N–H and O–H groups in total. The minimum Gasteiger partial charge on any atom is -0.395 e. The van der Waals surface area contributed by atoms with Crippen molar-refractivity contribution in [1.82, 2.24) is 10.2 Å². The molecule has 2 aromatic rings. The molecular weight excluding hydrogens is 422 g/mol. The molecular formula is C25H27N3O5. The third-order valence-electron chi connectivity index (χ3n) is 7.04. The molecule has 3 fully saturated rings. The average Bonchev–Trinajstić information content (AvgIpc) is 3.47. The van der Waals surface area contributed by atoms with E-state index in [-0.39, 0.29) is 30.9 Å². The highest BCUT2D eigenvalue weighted by molar-refractivity contribution is 6.02. The molecule has 8 heteroatoms. The zero-order valence-electron chi connectivity index (χ0n) is 18.1. The minimum absolute atomic E-state index is 0.0154. The number of fused-ring (bicyclic) bond motifs is 1. The number of aliphatic hydroxyl groups excluding tert-OH is 1. The van der Waals surface area contributed by atoms with Crippen LogP contribution >= 0.6 is 0 Å². The number of carbonyl (C=O) groups is 3. The van der Waals surface area contributed by atoms with Crippen molar-refractivity contribution in [3.63, 3.8) is 0 Å². The van der Waals surface area contributed by atoms with Gasteiger partial charge in [0.05, 0.1) is 24.5 Å². The Labute approximate surface area is 191 Å². The number of nitrogens with one attached hydrogen (secondary N) is 2. The number of hydrogen-bond acceptors (Lipinski definition) is 5. The van der Waals surface area contributed by atoms with Gasteiger partial charge in [0, 0.05) is 18.8 Å². The number of benzene rings is 2. The Balaban J connectivity index is 1.41. The Morgan fingerprint density at radius 2 is 1.76 bits per heavy atom. The monoisotopic (exact) mass is 449 g/mol. The maximum atomic E-state index is 13.5.